The maximum Gasteiger partial charge on any atom is 0.409 e. The molecule has 7 heterocycles. The molecular weight excluding hydrogens is 961 g/mol. The first kappa shape index (κ1) is 52.6. The molecule has 1 amide bonds. The molecule has 77 heavy (non-hydrogen) atoms. The van der Waals surface area contributed by atoms with Crippen LogP contribution >= 0.6 is 0 Å². The number of hydrogen-bond acceptors (Lipinski definition) is 13. The van der Waals surface area contributed by atoms with Gasteiger partial charge in [0.1, 0.15) is 0 Å². The first-order chi connectivity index (χ1) is 37.7. The molecule has 4 N–H and O–H groups in total. The number of fused-ring (bicyclic) bond motifs is 4. The number of hydrogen-bond donors (Lipinski definition) is 4. The normalized spacial score (nSPS) is 18.0. The maximum absolute atomic E-state index is 11.8. The fourth-order valence-corrected chi connectivity index (χ4v) is 11.8. The van der Waals surface area contributed by atoms with E-state index in [4.69, 9.17) is 16.3 Å². The molecule has 0 radical (unpaired) electrons. The zero-order chi connectivity index (χ0) is 53.3. The van der Waals surface area contributed by atoms with E-state index >= 15 is 0 Å². The summed E-state index contributed by atoms with van der Waals surface area (Å²) in [4.78, 5) is 41.0. The molecule has 400 valence electrons. The molecule has 4 aliphatic rings. The summed E-state index contributed by atoms with van der Waals surface area (Å²) in [6, 6.07) is 32.1. The second kappa shape index (κ2) is 24.4. The van der Waals surface area contributed by atoms with Crippen LogP contribution in [0.4, 0.5) is 44.6 Å². The predicted octanol–water partition coefficient (Wildman–Crippen LogP) is 10.4. The number of aromatic nitrogens is 4. The molecule has 0 spiro atoms. The van der Waals surface area contributed by atoms with Gasteiger partial charge in [0.05, 0.1) is 46.8 Å². The fraction of sp³-hybridized carbons (Fsp3) is 0.393. The van der Waals surface area contributed by atoms with Crippen molar-refractivity contribution in [1.29, 1.82) is 0 Å². The summed E-state index contributed by atoms with van der Waals surface area (Å²) in [6.45, 7) is 21.0. The highest BCUT2D eigenvalue weighted by Gasteiger charge is 2.31. The van der Waals surface area contributed by atoms with Gasteiger partial charge in [-0.1, -0.05) is 24.3 Å². The Morgan fingerprint density at radius 2 is 1.12 bits per heavy atom. The van der Waals surface area contributed by atoms with E-state index in [-0.39, 0.29) is 6.09 Å². The Hall–Kier alpha value is -7.87. The third-order valence-corrected chi connectivity index (χ3v) is 16.0. The highest BCUT2D eigenvalue weighted by Crippen LogP contribution is 2.41. The number of nitrogens with zero attached hydrogens (tertiary/aromatic N) is 10. The van der Waals surface area contributed by atoms with Crippen molar-refractivity contribution < 1.29 is 9.53 Å². The quantitative estimate of drug-likeness (QED) is 0.102. The van der Waals surface area contributed by atoms with Crippen LogP contribution < -0.4 is 36.0 Å². The molecule has 12 rings (SSSR count). The largest absolute Gasteiger partial charge is 0.450 e. The molecule has 4 aromatic heterocycles. The Labute approximate surface area is 453 Å². The Bertz CT molecular complexity index is 3340. The van der Waals surface area contributed by atoms with Crippen molar-refractivity contribution in [3.8, 4) is 0 Å². The van der Waals surface area contributed by atoms with Crippen molar-refractivity contribution in [3.05, 3.63) is 133 Å². The number of pyridine rings is 3. The van der Waals surface area contributed by atoms with Gasteiger partial charge in [0, 0.05) is 176 Å². The summed E-state index contributed by atoms with van der Waals surface area (Å²) >= 11 is 0. The van der Waals surface area contributed by atoms with Crippen LogP contribution in [0.3, 0.4) is 0 Å². The topological polar surface area (TPSA) is 139 Å². The number of benzene rings is 4. The molecule has 4 aromatic carbocycles. The second-order valence-electron chi connectivity index (χ2n) is 20.4. The minimum Gasteiger partial charge on any atom is -0.450 e. The third kappa shape index (κ3) is 11.8. The Morgan fingerprint density at radius 3 is 1.58 bits per heavy atom. The summed E-state index contributed by atoms with van der Waals surface area (Å²) in [6.07, 6.45) is 12.6. The number of rotatable bonds is 9. The zero-order valence-electron chi connectivity index (χ0n) is 45.4. The molecule has 8 aromatic rings. The van der Waals surface area contributed by atoms with Crippen LogP contribution in [-0.4, -0.2) is 148 Å². The van der Waals surface area contributed by atoms with Gasteiger partial charge in [0.25, 0.3) is 0 Å². The number of carbonyl (C=O) groups is 1. The molecule has 16 heteroatoms. The van der Waals surface area contributed by atoms with Gasteiger partial charge in [-0.2, -0.15) is 0 Å². The lowest BCUT2D eigenvalue weighted by Gasteiger charge is -2.43. The van der Waals surface area contributed by atoms with Crippen LogP contribution in [0.5, 0.6) is 0 Å². The van der Waals surface area contributed by atoms with Crippen molar-refractivity contribution in [1.82, 2.24) is 34.6 Å². The van der Waals surface area contributed by atoms with Gasteiger partial charge in [0.15, 0.2) is 5.69 Å². The standard InChI is InChI=1S/C30H34N6.C17H22N4O2.C14H18N4/c1-31-23-8-11-28-26(18-23)27(20-34(28)3)21-6-9-25(10-7-21)35-13-15-36(16-14-35)29-19-24(32-2)17-22-5-4-12-33-30(22)29;1-3-23-17(22)21-9-7-20(8-10-21)15-12-14(18-2)11-13-5-4-6-19-16(13)15;1-15-12-9-11-3-2-4-17-14(11)13(10-12)18-7-5-16-6-8-18/h4-5,8,11-12,17-21,25,32H,6-7,9-10,13-16H2,2-3H3;4-6,11-12,18H,3,7-10H2,1-2H3;2-4,9-10,15-16H,5-8H2,1H3. The molecular formula is C61H74N14O2. The summed E-state index contributed by atoms with van der Waals surface area (Å²) in [5.41, 5.74) is 13.5. The SMILES string of the molecule is CCOC(=O)N1CCN(c2cc(NC)cc3cccnc23)CC1.CNc1cc(N2CCNCC2)c2ncccc2c1.[C-]#[N+]c1ccc2c(c1)c(C1CCC(N3CCN(c4cc(NC)cc5cccnc45)CC3)CC1)cn2C. The second-order valence-corrected chi connectivity index (χ2v) is 20.4. The summed E-state index contributed by atoms with van der Waals surface area (Å²) in [5.74, 6) is 0.592. The van der Waals surface area contributed by atoms with E-state index < -0.39 is 0 Å². The highest BCUT2D eigenvalue weighted by molar-refractivity contribution is 5.96. The maximum atomic E-state index is 11.8. The van der Waals surface area contributed by atoms with Gasteiger partial charge in [-0.25, -0.2) is 9.64 Å². The lowest BCUT2D eigenvalue weighted by atomic mass is 9.81. The molecule has 3 saturated heterocycles. The minimum absolute atomic E-state index is 0.223. The van der Waals surface area contributed by atoms with Gasteiger partial charge >= 0.3 is 6.09 Å². The smallest absolute Gasteiger partial charge is 0.409 e. The van der Waals surface area contributed by atoms with E-state index in [9.17, 15) is 4.79 Å². The molecule has 16 nitrogen and oxygen atoms in total. The third-order valence-electron chi connectivity index (χ3n) is 16.0. The van der Waals surface area contributed by atoms with Crippen LogP contribution in [0, 0.1) is 6.57 Å². The van der Waals surface area contributed by atoms with E-state index in [2.05, 4.69) is 140 Å². The molecule has 4 fully saturated rings. The van der Waals surface area contributed by atoms with Gasteiger partial charge in [-0.15, -0.1) is 0 Å². The Morgan fingerprint density at radius 1 is 0.636 bits per heavy atom. The highest BCUT2D eigenvalue weighted by atomic mass is 16.6. The predicted molar refractivity (Wildman–Crippen MR) is 318 cm³/mol. The van der Waals surface area contributed by atoms with Crippen LogP contribution in [0.15, 0.2) is 116 Å². The molecule has 0 atom stereocenters. The molecule has 3 aliphatic heterocycles. The molecule has 1 saturated carbocycles. The zero-order valence-corrected chi connectivity index (χ0v) is 45.4. The fourth-order valence-electron chi connectivity index (χ4n) is 11.8. The molecule has 1 aliphatic carbocycles. The Balaban J connectivity index is 0.000000141. The summed E-state index contributed by atoms with van der Waals surface area (Å²) in [5, 5.41) is 17.9. The van der Waals surface area contributed by atoms with E-state index in [1.54, 1.807) is 4.90 Å². The van der Waals surface area contributed by atoms with Crippen molar-refractivity contribution >= 4 is 89.5 Å². The van der Waals surface area contributed by atoms with Crippen molar-refractivity contribution in [2.45, 2.75) is 44.6 Å². The monoisotopic (exact) mass is 1030 g/mol. The average molecular weight is 1040 g/mol. The number of piperazine rings is 3. The van der Waals surface area contributed by atoms with Crippen LogP contribution in [0.1, 0.15) is 44.1 Å². The number of nitrogens with one attached hydrogen (secondary N) is 4. The van der Waals surface area contributed by atoms with Crippen molar-refractivity contribution in [2.75, 3.05) is 137 Å². The Kier molecular flexibility index (Phi) is 16.7. The van der Waals surface area contributed by atoms with Crippen LogP contribution in [-0.2, 0) is 11.8 Å². The van der Waals surface area contributed by atoms with Gasteiger partial charge < -0.3 is 50.2 Å². The molecule has 0 unspecified atom stereocenters. The van der Waals surface area contributed by atoms with E-state index in [1.807, 2.05) is 70.9 Å². The van der Waals surface area contributed by atoms with Gasteiger partial charge in [-0.05, 0) is 116 Å². The first-order valence-corrected chi connectivity index (χ1v) is 27.5. The number of carbonyl (C=O) groups excluding carboxylic acids is 1. The lowest BCUT2D eigenvalue weighted by molar-refractivity contribution is 0.105. The van der Waals surface area contributed by atoms with Gasteiger partial charge in [-0.3, -0.25) is 19.9 Å². The van der Waals surface area contributed by atoms with E-state index in [0.29, 0.717) is 31.7 Å². The summed E-state index contributed by atoms with van der Waals surface area (Å²) < 4.78 is 7.30. The number of ether oxygens (including phenoxy) is 1. The van der Waals surface area contributed by atoms with Crippen molar-refractivity contribution in [2.24, 2.45) is 7.05 Å². The van der Waals surface area contributed by atoms with Gasteiger partial charge in [0.2, 0.25) is 0 Å². The summed E-state index contributed by atoms with van der Waals surface area (Å²) in [7, 11) is 7.98. The van der Waals surface area contributed by atoms with E-state index in [1.165, 1.54) is 64.3 Å². The lowest BCUT2D eigenvalue weighted by Crippen LogP contribution is -2.51. The number of aryl methyl sites for hydroxylation is 1. The number of amides is 1. The van der Waals surface area contributed by atoms with Crippen LogP contribution in [0.25, 0.3) is 48.5 Å². The minimum atomic E-state index is -0.223. The van der Waals surface area contributed by atoms with Crippen LogP contribution in [0.2, 0.25) is 0 Å². The van der Waals surface area contributed by atoms with Crippen molar-refractivity contribution in [3.63, 3.8) is 0 Å². The number of anilines is 6. The average Bonchev–Trinajstić information content (AvgIpc) is 3.88. The van der Waals surface area contributed by atoms with E-state index in [0.717, 1.165) is 116 Å². The first-order valence-electron chi connectivity index (χ1n) is 27.5. The molecule has 0 bridgehead atoms.